The molecular weight excluding hydrogens is 338 g/mol. The van der Waals surface area contributed by atoms with Crippen LogP contribution in [0.3, 0.4) is 0 Å². The number of hydrogen-bond acceptors (Lipinski definition) is 6. The van der Waals surface area contributed by atoms with E-state index in [1.807, 2.05) is 18.2 Å². The number of benzene rings is 2. The van der Waals surface area contributed by atoms with Crippen LogP contribution in [0, 0.1) is 0 Å². The monoisotopic (exact) mass is 359 g/mol. The van der Waals surface area contributed by atoms with E-state index in [4.69, 9.17) is 18.9 Å². The molecule has 2 aromatic rings. The number of hydrogen-bond donors (Lipinski definition) is 1. The molecule has 0 radical (unpaired) electrons. The average Bonchev–Trinajstić information content (AvgIpc) is 2.69. The van der Waals surface area contributed by atoms with E-state index in [-0.39, 0.29) is 26.4 Å². The zero-order valence-electron chi connectivity index (χ0n) is 14.5. The highest BCUT2D eigenvalue weighted by Gasteiger charge is 2.08. The topological polar surface area (TPSA) is 83.1 Å². The molecule has 0 saturated heterocycles. The Morgan fingerprint density at radius 1 is 0.885 bits per heavy atom. The lowest BCUT2D eigenvalue weighted by atomic mass is 10.3. The summed E-state index contributed by atoms with van der Waals surface area (Å²) in [6.45, 7) is -0.0913. The molecule has 1 N–H and O–H groups in total. The maximum atomic E-state index is 11.6. The van der Waals surface area contributed by atoms with Crippen LogP contribution < -0.4 is 19.5 Å². The molecule has 138 valence electrons. The molecule has 2 rings (SSSR count). The lowest BCUT2D eigenvalue weighted by Crippen LogP contribution is -2.32. The first-order valence-electron chi connectivity index (χ1n) is 8.05. The second kappa shape index (κ2) is 10.6. The molecule has 0 unspecified atom stereocenters. The Bertz CT molecular complexity index is 704. The summed E-state index contributed by atoms with van der Waals surface area (Å²) in [4.78, 5) is 23.2. The van der Waals surface area contributed by atoms with Crippen molar-refractivity contribution in [2.24, 2.45) is 0 Å². The van der Waals surface area contributed by atoms with Crippen LogP contribution in [0.25, 0.3) is 0 Å². The Balaban J connectivity index is 1.58. The van der Waals surface area contributed by atoms with Crippen LogP contribution in [0.2, 0.25) is 0 Å². The van der Waals surface area contributed by atoms with Gasteiger partial charge in [-0.15, -0.1) is 0 Å². The van der Waals surface area contributed by atoms with E-state index in [1.54, 1.807) is 43.5 Å². The molecule has 0 aromatic heterocycles. The number of esters is 1. The first-order valence-corrected chi connectivity index (χ1v) is 8.05. The zero-order valence-corrected chi connectivity index (χ0v) is 14.5. The highest BCUT2D eigenvalue weighted by atomic mass is 16.6. The summed E-state index contributed by atoms with van der Waals surface area (Å²) in [5.74, 6) is 0.735. The molecule has 0 bridgehead atoms. The Hall–Kier alpha value is -3.22. The van der Waals surface area contributed by atoms with Crippen LogP contribution in [0.5, 0.6) is 17.2 Å². The fraction of sp³-hybridized carbons (Fsp3) is 0.263. The summed E-state index contributed by atoms with van der Waals surface area (Å²) < 4.78 is 20.8. The normalized spacial score (nSPS) is 9.88. The zero-order chi connectivity index (χ0) is 18.6. The minimum absolute atomic E-state index is 0.256. The van der Waals surface area contributed by atoms with E-state index in [1.165, 1.54) is 0 Å². The summed E-state index contributed by atoms with van der Waals surface area (Å²) in [7, 11) is 1.56. The minimum Gasteiger partial charge on any atom is -0.493 e. The Kier molecular flexibility index (Phi) is 7.79. The number of para-hydroxylation sites is 3. The van der Waals surface area contributed by atoms with Crippen LogP contribution in [0.15, 0.2) is 54.6 Å². The Morgan fingerprint density at radius 2 is 1.58 bits per heavy atom. The standard InChI is InChI=1S/C19H21NO6/c1-23-16-9-5-6-10-17(16)24-12-11-20-18(21)13-26-19(22)14-25-15-7-3-2-4-8-15/h2-10H,11-14H2,1H3,(H,20,21). The molecule has 2 aromatic carbocycles. The van der Waals surface area contributed by atoms with Gasteiger partial charge in [0.25, 0.3) is 5.91 Å². The van der Waals surface area contributed by atoms with Gasteiger partial charge in [-0.05, 0) is 24.3 Å². The van der Waals surface area contributed by atoms with Gasteiger partial charge in [-0.1, -0.05) is 30.3 Å². The Morgan fingerprint density at radius 3 is 2.31 bits per heavy atom. The van der Waals surface area contributed by atoms with Crippen LogP contribution in [0.4, 0.5) is 0 Å². The summed E-state index contributed by atoms with van der Waals surface area (Å²) in [5.41, 5.74) is 0. The maximum Gasteiger partial charge on any atom is 0.344 e. The van der Waals surface area contributed by atoms with Crippen molar-refractivity contribution in [1.29, 1.82) is 0 Å². The van der Waals surface area contributed by atoms with Crippen molar-refractivity contribution >= 4 is 11.9 Å². The van der Waals surface area contributed by atoms with Gasteiger partial charge in [-0.3, -0.25) is 4.79 Å². The maximum absolute atomic E-state index is 11.6. The van der Waals surface area contributed by atoms with Gasteiger partial charge < -0.3 is 24.3 Å². The number of ether oxygens (including phenoxy) is 4. The van der Waals surface area contributed by atoms with Crippen molar-refractivity contribution in [2.75, 3.05) is 33.5 Å². The van der Waals surface area contributed by atoms with Crippen molar-refractivity contribution in [1.82, 2.24) is 5.32 Å². The first-order chi connectivity index (χ1) is 12.7. The second-order valence-electron chi connectivity index (χ2n) is 5.11. The van der Waals surface area contributed by atoms with E-state index in [0.717, 1.165) is 0 Å². The smallest absolute Gasteiger partial charge is 0.344 e. The highest BCUT2D eigenvalue weighted by Crippen LogP contribution is 2.25. The molecule has 0 saturated carbocycles. The molecule has 7 nitrogen and oxygen atoms in total. The van der Waals surface area contributed by atoms with Crippen molar-refractivity contribution in [3.05, 3.63) is 54.6 Å². The highest BCUT2D eigenvalue weighted by molar-refractivity contribution is 5.80. The van der Waals surface area contributed by atoms with Crippen molar-refractivity contribution < 1.29 is 28.5 Å². The fourth-order valence-electron chi connectivity index (χ4n) is 1.99. The van der Waals surface area contributed by atoms with Gasteiger partial charge in [-0.2, -0.15) is 0 Å². The number of methoxy groups -OCH3 is 1. The fourth-order valence-corrected chi connectivity index (χ4v) is 1.99. The van der Waals surface area contributed by atoms with Gasteiger partial charge in [0.1, 0.15) is 12.4 Å². The second-order valence-corrected chi connectivity index (χ2v) is 5.11. The van der Waals surface area contributed by atoms with Gasteiger partial charge in [0.2, 0.25) is 0 Å². The van der Waals surface area contributed by atoms with E-state index in [0.29, 0.717) is 17.2 Å². The lowest BCUT2D eigenvalue weighted by molar-refractivity contribution is -0.150. The van der Waals surface area contributed by atoms with E-state index in [9.17, 15) is 9.59 Å². The van der Waals surface area contributed by atoms with Crippen molar-refractivity contribution in [3.8, 4) is 17.2 Å². The predicted octanol–water partition coefficient (Wildman–Crippen LogP) is 1.81. The third kappa shape index (κ3) is 6.72. The van der Waals surface area contributed by atoms with Gasteiger partial charge in [0.15, 0.2) is 24.7 Å². The molecular formula is C19H21NO6. The predicted molar refractivity (Wildman–Crippen MR) is 94.4 cm³/mol. The number of nitrogens with one attached hydrogen (secondary N) is 1. The van der Waals surface area contributed by atoms with Crippen LogP contribution in [-0.4, -0.2) is 45.4 Å². The van der Waals surface area contributed by atoms with Gasteiger partial charge in [0.05, 0.1) is 13.7 Å². The SMILES string of the molecule is COc1ccccc1OCCNC(=O)COC(=O)COc1ccccc1. The molecule has 0 fully saturated rings. The first kappa shape index (κ1) is 19.1. The third-order valence-corrected chi connectivity index (χ3v) is 3.22. The van der Waals surface area contributed by atoms with Crippen molar-refractivity contribution in [2.45, 2.75) is 0 Å². The van der Waals surface area contributed by atoms with Crippen LogP contribution >= 0.6 is 0 Å². The van der Waals surface area contributed by atoms with E-state index >= 15 is 0 Å². The molecule has 0 spiro atoms. The van der Waals surface area contributed by atoms with E-state index in [2.05, 4.69) is 5.32 Å². The van der Waals surface area contributed by atoms with Gasteiger partial charge in [0, 0.05) is 0 Å². The largest absolute Gasteiger partial charge is 0.493 e. The molecule has 0 aliphatic carbocycles. The summed E-state index contributed by atoms with van der Waals surface area (Å²) in [5, 5.41) is 2.60. The molecule has 0 atom stereocenters. The minimum atomic E-state index is -0.616. The summed E-state index contributed by atoms with van der Waals surface area (Å²) in [6, 6.07) is 16.1. The quantitative estimate of drug-likeness (QED) is 0.515. The van der Waals surface area contributed by atoms with Crippen molar-refractivity contribution in [3.63, 3.8) is 0 Å². The third-order valence-electron chi connectivity index (χ3n) is 3.22. The molecule has 26 heavy (non-hydrogen) atoms. The number of carbonyl (C=O) groups excluding carboxylic acids is 2. The molecule has 1 amide bonds. The summed E-state index contributed by atoms with van der Waals surface area (Å²) in [6.07, 6.45) is 0. The summed E-state index contributed by atoms with van der Waals surface area (Å²) >= 11 is 0. The Labute approximate surface area is 151 Å². The number of rotatable bonds is 10. The molecule has 0 heterocycles. The van der Waals surface area contributed by atoms with E-state index < -0.39 is 11.9 Å². The number of amides is 1. The molecule has 0 aliphatic heterocycles. The molecule has 7 heteroatoms. The van der Waals surface area contributed by atoms with Crippen LogP contribution in [0.1, 0.15) is 0 Å². The number of carbonyl (C=O) groups is 2. The van der Waals surface area contributed by atoms with Gasteiger partial charge >= 0.3 is 5.97 Å². The van der Waals surface area contributed by atoms with Crippen LogP contribution in [-0.2, 0) is 14.3 Å². The van der Waals surface area contributed by atoms with Gasteiger partial charge in [-0.25, -0.2) is 4.79 Å². The average molecular weight is 359 g/mol. The lowest BCUT2D eigenvalue weighted by Gasteiger charge is -2.11. The molecule has 0 aliphatic rings.